The SMILES string of the molecule is CCOc1cc(/C=C2\SC(=S)N(C[C@H]3CCCO3)C2=O)c(Br)cc1OCc1ccccc1. The van der Waals surface area contributed by atoms with Crippen molar-refractivity contribution in [2.45, 2.75) is 32.5 Å². The first-order chi connectivity index (χ1) is 15.5. The van der Waals surface area contributed by atoms with Crippen LogP contribution >= 0.6 is 39.9 Å². The Bertz CT molecular complexity index is 1020. The van der Waals surface area contributed by atoms with Crippen molar-refractivity contribution < 1.29 is 19.0 Å². The van der Waals surface area contributed by atoms with Crippen molar-refractivity contribution in [1.29, 1.82) is 0 Å². The first-order valence-electron chi connectivity index (χ1n) is 10.5. The molecule has 0 unspecified atom stereocenters. The van der Waals surface area contributed by atoms with Crippen LogP contribution in [0.25, 0.3) is 6.08 Å². The highest BCUT2D eigenvalue weighted by molar-refractivity contribution is 9.10. The number of carbonyl (C=O) groups is 1. The lowest BCUT2D eigenvalue weighted by atomic mass is 10.1. The number of thiocarbonyl (C=S) groups is 1. The molecular formula is C24H24BrNO4S2. The lowest BCUT2D eigenvalue weighted by Gasteiger charge is -2.18. The summed E-state index contributed by atoms with van der Waals surface area (Å²) in [5.41, 5.74) is 1.91. The van der Waals surface area contributed by atoms with Crippen LogP contribution in [0.5, 0.6) is 11.5 Å². The van der Waals surface area contributed by atoms with Gasteiger partial charge in [-0.05, 0) is 49.1 Å². The van der Waals surface area contributed by atoms with E-state index in [1.807, 2.05) is 55.5 Å². The van der Waals surface area contributed by atoms with Crippen LogP contribution in [0.2, 0.25) is 0 Å². The Morgan fingerprint density at radius 2 is 2.03 bits per heavy atom. The van der Waals surface area contributed by atoms with Gasteiger partial charge < -0.3 is 14.2 Å². The molecule has 5 nitrogen and oxygen atoms in total. The van der Waals surface area contributed by atoms with Crippen LogP contribution in [-0.4, -0.2) is 41.0 Å². The number of amides is 1. The minimum atomic E-state index is -0.0789. The molecule has 2 aromatic rings. The molecule has 1 amide bonds. The summed E-state index contributed by atoms with van der Waals surface area (Å²) in [5, 5.41) is 0. The summed E-state index contributed by atoms with van der Waals surface area (Å²) in [6.07, 6.45) is 3.90. The van der Waals surface area contributed by atoms with Gasteiger partial charge in [-0.25, -0.2) is 0 Å². The van der Waals surface area contributed by atoms with Crippen LogP contribution in [0.4, 0.5) is 0 Å². The minimum Gasteiger partial charge on any atom is -0.490 e. The second kappa shape index (κ2) is 10.8. The summed E-state index contributed by atoms with van der Waals surface area (Å²) in [4.78, 5) is 15.2. The molecule has 1 atom stereocenters. The molecule has 168 valence electrons. The van der Waals surface area contributed by atoms with E-state index in [0.29, 0.717) is 40.5 Å². The fraction of sp³-hybridized carbons (Fsp3) is 0.333. The average molecular weight is 534 g/mol. The topological polar surface area (TPSA) is 48.0 Å². The van der Waals surface area contributed by atoms with Crippen molar-refractivity contribution in [2.24, 2.45) is 0 Å². The predicted molar refractivity (Wildman–Crippen MR) is 135 cm³/mol. The van der Waals surface area contributed by atoms with Crippen LogP contribution in [0.3, 0.4) is 0 Å². The minimum absolute atomic E-state index is 0.0641. The normalized spacial score (nSPS) is 19.8. The van der Waals surface area contributed by atoms with Gasteiger partial charge in [0.1, 0.15) is 10.9 Å². The molecule has 0 spiro atoms. The molecule has 32 heavy (non-hydrogen) atoms. The first-order valence-corrected chi connectivity index (χ1v) is 12.6. The zero-order chi connectivity index (χ0) is 22.5. The summed E-state index contributed by atoms with van der Waals surface area (Å²) in [7, 11) is 0. The standard InChI is InChI=1S/C24H24BrNO4S2/c1-2-28-20-11-17(19(25)13-21(20)30-15-16-7-4-3-5-8-16)12-22-23(27)26(24(31)32-22)14-18-9-6-10-29-18/h3-5,7-8,11-13,18H,2,6,9-10,14-15H2,1H3/b22-12-/t18-/m1/s1. The fourth-order valence-electron chi connectivity index (χ4n) is 3.57. The predicted octanol–water partition coefficient (Wildman–Crippen LogP) is 5.81. The van der Waals surface area contributed by atoms with Gasteiger partial charge in [-0.1, -0.05) is 70.2 Å². The number of halogens is 1. The lowest BCUT2D eigenvalue weighted by molar-refractivity contribution is -0.123. The number of ether oxygens (including phenoxy) is 3. The molecular weight excluding hydrogens is 510 g/mol. The van der Waals surface area contributed by atoms with E-state index in [-0.39, 0.29) is 12.0 Å². The molecule has 2 aliphatic rings. The summed E-state index contributed by atoms with van der Waals surface area (Å²) in [6.45, 7) is 4.14. The molecule has 0 saturated carbocycles. The molecule has 4 rings (SSSR count). The Morgan fingerprint density at radius 1 is 1.25 bits per heavy atom. The molecule has 2 heterocycles. The quantitative estimate of drug-likeness (QED) is 0.315. The van der Waals surface area contributed by atoms with Gasteiger partial charge in [0.25, 0.3) is 5.91 Å². The highest BCUT2D eigenvalue weighted by Crippen LogP contribution is 2.39. The Balaban J connectivity index is 1.53. The van der Waals surface area contributed by atoms with Crippen molar-refractivity contribution >= 4 is 56.2 Å². The first kappa shape index (κ1) is 23.3. The average Bonchev–Trinajstić information content (AvgIpc) is 3.40. The van der Waals surface area contributed by atoms with Crippen molar-refractivity contribution in [2.75, 3.05) is 19.8 Å². The Labute approximate surface area is 206 Å². The number of benzene rings is 2. The van der Waals surface area contributed by atoms with E-state index in [1.165, 1.54) is 11.8 Å². The summed E-state index contributed by atoms with van der Waals surface area (Å²) >= 11 is 10.4. The van der Waals surface area contributed by atoms with Gasteiger partial charge in [0, 0.05) is 11.1 Å². The Kier molecular flexibility index (Phi) is 7.88. The zero-order valence-electron chi connectivity index (χ0n) is 17.7. The van der Waals surface area contributed by atoms with Crippen molar-refractivity contribution in [3.05, 3.63) is 63.0 Å². The Morgan fingerprint density at radius 3 is 2.75 bits per heavy atom. The van der Waals surface area contributed by atoms with Crippen molar-refractivity contribution in [3.8, 4) is 11.5 Å². The third-order valence-corrected chi connectivity index (χ3v) is 7.23. The number of thioether (sulfide) groups is 1. The van der Waals surface area contributed by atoms with Crippen LogP contribution in [-0.2, 0) is 16.1 Å². The van der Waals surface area contributed by atoms with Crippen LogP contribution < -0.4 is 9.47 Å². The highest BCUT2D eigenvalue weighted by Gasteiger charge is 2.34. The van der Waals surface area contributed by atoms with E-state index in [2.05, 4.69) is 15.9 Å². The number of nitrogens with zero attached hydrogens (tertiary/aromatic N) is 1. The molecule has 0 aliphatic carbocycles. The van der Waals surface area contributed by atoms with Crippen LogP contribution in [0.1, 0.15) is 30.9 Å². The molecule has 0 aromatic heterocycles. The van der Waals surface area contributed by atoms with E-state index in [4.69, 9.17) is 26.4 Å². The monoisotopic (exact) mass is 533 g/mol. The summed E-state index contributed by atoms with van der Waals surface area (Å²) < 4.78 is 18.9. The van der Waals surface area contributed by atoms with E-state index >= 15 is 0 Å². The van der Waals surface area contributed by atoms with Gasteiger partial charge in [0.05, 0.1) is 24.2 Å². The maximum Gasteiger partial charge on any atom is 0.266 e. The largest absolute Gasteiger partial charge is 0.490 e. The number of carbonyl (C=O) groups excluding carboxylic acids is 1. The van der Waals surface area contributed by atoms with E-state index in [9.17, 15) is 4.79 Å². The molecule has 0 radical (unpaired) electrons. The summed E-state index contributed by atoms with van der Waals surface area (Å²) in [5.74, 6) is 1.20. The van der Waals surface area contributed by atoms with E-state index in [0.717, 1.165) is 35.0 Å². The van der Waals surface area contributed by atoms with E-state index in [1.54, 1.807) is 4.90 Å². The molecule has 8 heteroatoms. The molecule has 2 fully saturated rings. The zero-order valence-corrected chi connectivity index (χ0v) is 20.9. The third-order valence-electron chi connectivity index (χ3n) is 5.17. The fourth-order valence-corrected chi connectivity index (χ4v) is 5.27. The van der Waals surface area contributed by atoms with Crippen molar-refractivity contribution in [1.82, 2.24) is 4.90 Å². The second-order valence-corrected chi connectivity index (χ2v) is 9.99. The summed E-state index contributed by atoms with van der Waals surface area (Å²) in [6, 6.07) is 13.7. The maximum absolute atomic E-state index is 13.0. The molecule has 2 saturated heterocycles. The molecule has 0 N–H and O–H groups in total. The number of hydrogen-bond acceptors (Lipinski definition) is 6. The van der Waals surface area contributed by atoms with Gasteiger partial charge in [-0.15, -0.1) is 0 Å². The van der Waals surface area contributed by atoms with Gasteiger partial charge in [-0.3, -0.25) is 9.69 Å². The highest BCUT2D eigenvalue weighted by atomic mass is 79.9. The maximum atomic E-state index is 13.0. The van der Waals surface area contributed by atoms with E-state index < -0.39 is 0 Å². The van der Waals surface area contributed by atoms with Gasteiger partial charge in [0.2, 0.25) is 0 Å². The van der Waals surface area contributed by atoms with Crippen molar-refractivity contribution in [3.63, 3.8) is 0 Å². The second-order valence-electron chi connectivity index (χ2n) is 7.46. The number of hydrogen-bond donors (Lipinski definition) is 0. The Hall–Kier alpha value is -1.87. The van der Waals surface area contributed by atoms with Gasteiger partial charge >= 0.3 is 0 Å². The van der Waals surface area contributed by atoms with Gasteiger partial charge in [0.15, 0.2) is 11.5 Å². The third kappa shape index (κ3) is 5.54. The van der Waals surface area contributed by atoms with Crippen LogP contribution in [0.15, 0.2) is 51.8 Å². The van der Waals surface area contributed by atoms with Crippen LogP contribution in [0, 0.1) is 0 Å². The molecule has 2 aromatic carbocycles. The molecule has 0 bridgehead atoms. The number of rotatable bonds is 8. The van der Waals surface area contributed by atoms with Gasteiger partial charge in [-0.2, -0.15) is 0 Å². The molecule has 2 aliphatic heterocycles. The lowest BCUT2D eigenvalue weighted by Crippen LogP contribution is -2.35. The smallest absolute Gasteiger partial charge is 0.266 e.